The number of amides is 1. The number of nitrogens with one attached hydrogen (secondary N) is 1. The molecule has 1 amide bonds. The van der Waals surface area contributed by atoms with Gasteiger partial charge in [0.05, 0.1) is 0 Å². The van der Waals surface area contributed by atoms with Gasteiger partial charge in [-0.3, -0.25) is 0 Å². The van der Waals surface area contributed by atoms with Crippen LogP contribution in [0.3, 0.4) is 0 Å². The summed E-state index contributed by atoms with van der Waals surface area (Å²) in [6.45, 7) is 2.75. The normalized spacial score (nSPS) is 17.1. The van der Waals surface area contributed by atoms with E-state index < -0.39 is 6.09 Å². The summed E-state index contributed by atoms with van der Waals surface area (Å²) in [6.07, 6.45) is 0.493. The van der Waals surface area contributed by atoms with E-state index in [1.807, 2.05) is 18.2 Å². The minimum Gasteiger partial charge on any atom is -0.529 e. The number of carbonyl (C=O) groups is 1. The number of nitrogens with zero attached hydrogens (tertiary/aromatic N) is 3. The van der Waals surface area contributed by atoms with Crippen molar-refractivity contribution in [3.63, 3.8) is 0 Å². The molecule has 2 rings (SSSR count). The first-order valence-electron chi connectivity index (χ1n) is 5.14. The van der Waals surface area contributed by atoms with Gasteiger partial charge in [0.15, 0.2) is 0 Å². The Morgan fingerprint density at radius 2 is 2.06 bits per heavy atom. The molecule has 0 saturated carbocycles. The number of hydrogen-bond donors (Lipinski definition) is 1. The van der Waals surface area contributed by atoms with E-state index in [-0.39, 0.29) is 0 Å². The number of hydrazine groups is 1. The standard InChI is InChI=1S/C10H14N4O2/c15-10(16)12-14-7-5-13(6-8-14)9-3-1-2-4-11-9/h1-4,12H,5-8H2,(H,15,16)/p-1. The predicted octanol–water partition coefficient (Wildman–Crippen LogP) is -0.948. The first-order valence-corrected chi connectivity index (χ1v) is 5.14. The van der Waals surface area contributed by atoms with Crippen LogP contribution in [0.4, 0.5) is 10.6 Å². The number of piperazine rings is 1. The quantitative estimate of drug-likeness (QED) is 0.697. The Morgan fingerprint density at radius 3 is 2.62 bits per heavy atom. The summed E-state index contributed by atoms with van der Waals surface area (Å²) in [5.41, 5.74) is 2.25. The lowest BCUT2D eigenvalue weighted by Gasteiger charge is -2.35. The van der Waals surface area contributed by atoms with Crippen molar-refractivity contribution in [3.8, 4) is 0 Å². The van der Waals surface area contributed by atoms with Crippen LogP contribution in [0.15, 0.2) is 24.4 Å². The van der Waals surface area contributed by atoms with Crippen molar-refractivity contribution in [2.24, 2.45) is 0 Å². The molecule has 1 aliphatic heterocycles. The second kappa shape index (κ2) is 4.80. The number of carbonyl (C=O) groups excluding carboxylic acids is 1. The summed E-state index contributed by atoms with van der Waals surface area (Å²) in [5.74, 6) is 0.926. The Bertz CT molecular complexity index is 349. The van der Waals surface area contributed by atoms with Crippen molar-refractivity contribution < 1.29 is 9.90 Å². The Hall–Kier alpha value is -1.82. The van der Waals surface area contributed by atoms with Crippen LogP contribution in [0.5, 0.6) is 0 Å². The summed E-state index contributed by atoms with van der Waals surface area (Å²) in [6, 6.07) is 5.76. The van der Waals surface area contributed by atoms with Crippen molar-refractivity contribution in [1.29, 1.82) is 0 Å². The maximum Gasteiger partial charge on any atom is 0.149 e. The zero-order chi connectivity index (χ0) is 11.4. The lowest BCUT2D eigenvalue weighted by molar-refractivity contribution is -0.256. The van der Waals surface area contributed by atoms with E-state index >= 15 is 0 Å². The molecule has 6 heteroatoms. The van der Waals surface area contributed by atoms with Crippen LogP contribution in [0.2, 0.25) is 0 Å². The van der Waals surface area contributed by atoms with Crippen LogP contribution in [0.1, 0.15) is 0 Å². The average Bonchev–Trinajstić information content (AvgIpc) is 2.30. The smallest absolute Gasteiger partial charge is 0.149 e. The fraction of sp³-hybridized carbons (Fsp3) is 0.400. The molecule has 16 heavy (non-hydrogen) atoms. The van der Waals surface area contributed by atoms with Crippen molar-refractivity contribution in [1.82, 2.24) is 15.4 Å². The zero-order valence-electron chi connectivity index (χ0n) is 8.80. The lowest BCUT2D eigenvalue weighted by atomic mass is 10.3. The molecule has 0 unspecified atom stereocenters. The summed E-state index contributed by atoms with van der Waals surface area (Å²) in [4.78, 5) is 16.7. The maximum atomic E-state index is 10.3. The molecule has 0 atom stereocenters. The Labute approximate surface area is 93.5 Å². The van der Waals surface area contributed by atoms with Gasteiger partial charge in [0, 0.05) is 32.4 Å². The van der Waals surface area contributed by atoms with E-state index in [1.165, 1.54) is 0 Å². The van der Waals surface area contributed by atoms with E-state index in [9.17, 15) is 9.90 Å². The topological polar surface area (TPSA) is 71.5 Å². The molecule has 86 valence electrons. The molecule has 0 bridgehead atoms. The van der Waals surface area contributed by atoms with E-state index in [0.29, 0.717) is 13.1 Å². The van der Waals surface area contributed by atoms with Gasteiger partial charge >= 0.3 is 0 Å². The maximum absolute atomic E-state index is 10.3. The first kappa shape index (κ1) is 10.7. The summed E-state index contributed by atoms with van der Waals surface area (Å²) < 4.78 is 0. The van der Waals surface area contributed by atoms with Gasteiger partial charge in [0.25, 0.3) is 0 Å². The Balaban J connectivity index is 1.88. The summed E-state index contributed by atoms with van der Waals surface area (Å²) in [7, 11) is 0. The third-order valence-electron chi connectivity index (χ3n) is 2.50. The highest BCUT2D eigenvalue weighted by Gasteiger charge is 2.17. The second-order valence-electron chi connectivity index (χ2n) is 3.56. The van der Waals surface area contributed by atoms with Crippen LogP contribution in [-0.4, -0.2) is 42.3 Å². The fourth-order valence-electron chi connectivity index (χ4n) is 1.72. The van der Waals surface area contributed by atoms with Crippen LogP contribution < -0.4 is 15.4 Å². The van der Waals surface area contributed by atoms with E-state index in [4.69, 9.17) is 0 Å². The van der Waals surface area contributed by atoms with Crippen LogP contribution in [-0.2, 0) is 0 Å². The monoisotopic (exact) mass is 221 g/mol. The van der Waals surface area contributed by atoms with Gasteiger partial charge in [0.1, 0.15) is 11.9 Å². The second-order valence-corrected chi connectivity index (χ2v) is 3.56. The number of hydrogen-bond acceptors (Lipinski definition) is 5. The molecule has 1 N–H and O–H groups in total. The predicted molar refractivity (Wildman–Crippen MR) is 56.6 cm³/mol. The van der Waals surface area contributed by atoms with Crippen LogP contribution in [0.25, 0.3) is 0 Å². The SMILES string of the molecule is O=C([O-])NN1CCN(c2ccccn2)CC1. The molecule has 1 aliphatic rings. The van der Waals surface area contributed by atoms with Gasteiger partial charge in [-0.05, 0) is 12.1 Å². The molecule has 1 aromatic heterocycles. The van der Waals surface area contributed by atoms with Crippen LogP contribution in [0, 0.1) is 0 Å². The number of aromatic nitrogens is 1. The van der Waals surface area contributed by atoms with Gasteiger partial charge in [-0.1, -0.05) is 6.07 Å². The van der Waals surface area contributed by atoms with Crippen molar-refractivity contribution in [3.05, 3.63) is 24.4 Å². The molecule has 0 spiro atoms. The number of anilines is 1. The lowest BCUT2D eigenvalue weighted by Crippen LogP contribution is -2.56. The number of carboxylic acid groups (broad SMARTS) is 1. The molecule has 6 nitrogen and oxygen atoms in total. The molecular formula is C10H13N4O2-. The molecule has 1 aromatic rings. The molecule has 1 fully saturated rings. The van der Waals surface area contributed by atoms with Crippen molar-refractivity contribution in [2.45, 2.75) is 0 Å². The summed E-state index contributed by atoms with van der Waals surface area (Å²) in [5, 5.41) is 12.0. The molecule has 0 aliphatic carbocycles. The zero-order valence-corrected chi connectivity index (χ0v) is 8.80. The molecular weight excluding hydrogens is 208 g/mol. The fourth-order valence-corrected chi connectivity index (χ4v) is 1.72. The van der Waals surface area contributed by atoms with Crippen molar-refractivity contribution in [2.75, 3.05) is 31.1 Å². The third-order valence-corrected chi connectivity index (χ3v) is 2.50. The summed E-state index contributed by atoms with van der Waals surface area (Å²) >= 11 is 0. The molecule has 0 radical (unpaired) electrons. The van der Waals surface area contributed by atoms with Gasteiger partial charge < -0.3 is 20.2 Å². The number of pyridine rings is 1. The van der Waals surface area contributed by atoms with Crippen LogP contribution >= 0.6 is 0 Å². The highest BCUT2D eigenvalue weighted by atomic mass is 16.4. The Kier molecular flexibility index (Phi) is 3.21. The van der Waals surface area contributed by atoms with E-state index in [2.05, 4.69) is 15.3 Å². The minimum absolute atomic E-state index is 0.630. The van der Waals surface area contributed by atoms with Gasteiger partial charge in [-0.2, -0.15) is 0 Å². The average molecular weight is 221 g/mol. The molecule has 0 aromatic carbocycles. The van der Waals surface area contributed by atoms with Gasteiger partial charge in [-0.15, -0.1) is 0 Å². The molecule has 2 heterocycles. The van der Waals surface area contributed by atoms with E-state index in [1.54, 1.807) is 11.2 Å². The highest BCUT2D eigenvalue weighted by molar-refractivity contribution is 5.61. The number of rotatable bonds is 2. The first-order chi connectivity index (χ1) is 7.75. The Morgan fingerprint density at radius 1 is 1.31 bits per heavy atom. The highest BCUT2D eigenvalue weighted by Crippen LogP contribution is 2.11. The van der Waals surface area contributed by atoms with Crippen molar-refractivity contribution >= 4 is 11.9 Å². The van der Waals surface area contributed by atoms with Gasteiger partial charge in [-0.25, -0.2) is 9.99 Å². The molecule has 1 saturated heterocycles. The largest absolute Gasteiger partial charge is 0.529 e. The van der Waals surface area contributed by atoms with Gasteiger partial charge in [0.2, 0.25) is 0 Å². The third kappa shape index (κ3) is 2.60. The van der Waals surface area contributed by atoms with E-state index in [0.717, 1.165) is 18.9 Å². The minimum atomic E-state index is -1.26.